The number of nitrogens with one attached hydrogen (secondary N) is 1. The maximum atomic E-state index is 11.2. The molecule has 0 aliphatic heterocycles. The summed E-state index contributed by atoms with van der Waals surface area (Å²) in [6.45, 7) is 4.70. The van der Waals surface area contributed by atoms with Crippen LogP contribution in [-0.4, -0.2) is 26.7 Å². The Morgan fingerprint density at radius 3 is 2.30 bits per heavy atom. The molecule has 6 N–H and O–H groups in total. The zero-order valence-electron chi connectivity index (χ0n) is 11.9. The molecule has 114 valence electrons. The number of hydrogen-bond acceptors (Lipinski definition) is 5. The second-order valence-electron chi connectivity index (χ2n) is 5.01. The van der Waals surface area contributed by atoms with Crippen LogP contribution in [0.2, 0.25) is 0 Å². The number of nitrogen functional groups attached to an aromatic ring is 1. The predicted octanol–water partition coefficient (Wildman–Crippen LogP) is 1.13. The van der Waals surface area contributed by atoms with Crippen LogP contribution in [0.3, 0.4) is 0 Å². The van der Waals surface area contributed by atoms with Gasteiger partial charge in [-0.05, 0) is 31.0 Å². The highest BCUT2D eigenvalue weighted by Gasteiger charge is 2.25. The van der Waals surface area contributed by atoms with Gasteiger partial charge < -0.3 is 16.2 Å². The van der Waals surface area contributed by atoms with E-state index in [0.717, 1.165) is 12.8 Å². The van der Waals surface area contributed by atoms with Gasteiger partial charge in [-0.2, -0.15) is 0 Å². The Morgan fingerprint density at radius 2 is 1.90 bits per heavy atom. The minimum atomic E-state index is -3.75. The minimum absolute atomic E-state index is 0.0139. The second kappa shape index (κ2) is 6.43. The largest absolute Gasteiger partial charge is 0.397 e. The van der Waals surface area contributed by atoms with Crippen LogP contribution >= 0.6 is 0 Å². The number of benzene rings is 1. The van der Waals surface area contributed by atoms with Crippen molar-refractivity contribution in [2.24, 2.45) is 10.6 Å². The number of anilines is 2. The first kappa shape index (κ1) is 16.7. The van der Waals surface area contributed by atoms with Crippen LogP contribution in [0, 0.1) is 5.41 Å². The van der Waals surface area contributed by atoms with Crippen LogP contribution in [0.4, 0.5) is 11.4 Å². The molecule has 0 radical (unpaired) electrons. The predicted molar refractivity (Wildman–Crippen MR) is 80.8 cm³/mol. The molecular weight excluding hydrogens is 278 g/mol. The summed E-state index contributed by atoms with van der Waals surface area (Å²) in [6, 6.07) is 4.32. The summed E-state index contributed by atoms with van der Waals surface area (Å²) < 4.78 is 22.4. The maximum Gasteiger partial charge on any atom is 0.238 e. The van der Waals surface area contributed by atoms with Crippen LogP contribution in [0.5, 0.6) is 0 Å². The summed E-state index contributed by atoms with van der Waals surface area (Å²) in [4.78, 5) is -0.0139. The van der Waals surface area contributed by atoms with Gasteiger partial charge in [0.15, 0.2) is 0 Å². The molecule has 0 aromatic heterocycles. The molecule has 1 rings (SSSR count). The van der Waals surface area contributed by atoms with Crippen molar-refractivity contribution in [3.8, 4) is 0 Å². The molecule has 0 spiro atoms. The Kier molecular flexibility index (Phi) is 5.38. The zero-order chi connectivity index (χ0) is 15.4. The van der Waals surface area contributed by atoms with Crippen LogP contribution < -0.4 is 16.2 Å². The van der Waals surface area contributed by atoms with Gasteiger partial charge in [0.05, 0.1) is 22.9 Å². The van der Waals surface area contributed by atoms with Crippen molar-refractivity contribution in [1.82, 2.24) is 0 Å². The lowest BCUT2D eigenvalue weighted by Gasteiger charge is -2.30. The fraction of sp³-hybridized carbons (Fsp3) is 0.538. The first-order valence-corrected chi connectivity index (χ1v) is 8.09. The molecule has 0 aliphatic rings. The molecule has 1 aromatic carbocycles. The quantitative estimate of drug-likeness (QED) is 0.563. The number of aliphatic hydroxyl groups excluding tert-OH is 1. The lowest BCUT2D eigenvalue weighted by atomic mass is 9.83. The Labute approximate surface area is 120 Å². The average molecular weight is 301 g/mol. The highest BCUT2D eigenvalue weighted by atomic mass is 32.2. The van der Waals surface area contributed by atoms with E-state index < -0.39 is 10.0 Å². The van der Waals surface area contributed by atoms with Crippen molar-refractivity contribution in [1.29, 1.82) is 0 Å². The summed E-state index contributed by atoms with van der Waals surface area (Å²) in [5, 5.41) is 17.7. The summed E-state index contributed by atoms with van der Waals surface area (Å²) >= 11 is 0. The van der Waals surface area contributed by atoms with Gasteiger partial charge in [0, 0.05) is 12.0 Å². The highest BCUT2D eigenvalue weighted by molar-refractivity contribution is 7.89. The topological polar surface area (TPSA) is 118 Å². The summed E-state index contributed by atoms with van der Waals surface area (Å²) in [7, 11) is -3.75. The van der Waals surface area contributed by atoms with Crippen molar-refractivity contribution in [2.45, 2.75) is 31.6 Å². The summed E-state index contributed by atoms with van der Waals surface area (Å²) in [5.74, 6) is 0. The highest BCUT2D eigenvalue weighted by Crippen LogP contribution is 2.28. The van der Waals surface area contributed by atoms with E-state index in [1.165, 1.54) is 12.1 Å². The Hall–Kier alpha value is -1.31. The van der Waals surface area contributed by atoms with Crippen LogP contribution in [0.25, 0.3) is 0 Å². The van der Waals surface area contributed by atoms with Gasteiger partial charge in [-0.1, -0.05) is 13.8 Å². The molecule has 20 heavy (non-hydrogen) atoms. The molecule has 0 bridgehead atoms. The van der Waals surface area contributed by atoms with Gasteiger partial charge >= 0.3 is 0 Å². The number of hydrogen-bond donors (Lipinski definition) is 4. The Balaban J connectivity index is 2.90. The molecule has 0 amide bonds. The van der Waals surface area contributed by atoms with Gasteiger partial charge in [0.2, 0.25) is 10.0 Å². The minimum Gasteiger partial charge on any atom is -0.397 e. The molecule has 0 atom stereocenters. The van der Waals surface area contributed by atoms with Crippen LogP contribution in [0.15, 0.2) is 23.1 Å². The molecule has 0 saturated heterocycles. The Morgan fingerprint density at radius 1 is 1.30 bits per heavy atom. The van der Waals surface area contributed by atoms with E-state index in [9.17, 15) is 13.5 Å². The Bertz CT molecular complexity index is 546. The van der Waals surface area contributed by atoms with E-state index in [1.54, 1.807) is 6.07 Å². The van der Waals surface area contributed by atoms with E-state index in [-0.39, 0.29) is 16.9 Å². The molecule has 0 saturated carbocycles. The number of aliphatic hydroxyl groups is 1. The molecule has 0 fully saturated rings. The van der Waals surface area contributed by atoms with Crippen LogP contribution in [-0.2, 0) is 10.0 Å². The van der Waals surface area contributed by atoms with Gasteiger partial charge in [-0.15, -0.1) is 0 Å². The number of primary sulfonamides is 1. The van der Waals surface area contributed by atoms with Gasteiger partial charge in [0.25, 0.3) is 0 Å². The van der Waals surface area contributed by atoms with E-state index in [2.05, 4.69) is 5.32 Å². The normalized spacial score (nSPS) is 12.4. The number of rotatable bonds is 7. The molecule has 1 aromatic rings. The molecule has 6 nitrogen and oxygen atoms in total. The summed E-state index contributed by atoms with van der Waals surface area (Å²) in [6.07, 6.45) is 1.67. The first-order valence-electron chi connectivity index (χ1n) is 6.55. The third-order valence-electron chi connectivity index (χ3n) is 3.84. The lowest BCUT2D eigenvalue weighted by molar-refractivity contribution is 0.127. The van der Waals surface area contributed by atoms with E-state index in [4.69, 9.17) is 10.9 Å². The fourth-order valence-electron chi connectivity index (χ4n) is 1.94. The van der Waals surface area contributed by atoms with Crippen molar-refractivity contribution in [3.63, 3.8) is 0 Å². The number of sulfonamides is 1. The van der Waals surface area contributed by atoms with E-state index in [1.807, 2.05) is 13.8 Å². The maximum absolute atomic E-state index is 11.2. The molecule has 7 heteroatoms. The van der Waals surface area contributed by atoms with Crippen molar-refractivity contribution in [3.05, 3.63) is 18.2 Å². The molecule has 0 aliphatic carbocycles. The molecule has 0 unspecified atom stereocenters. The average Bonchev–Trinajstić information content (AvgIpc) is 2.41. The van der Waals surface area contributed by atoms with E-state index >= 15 is 0 Å². The number of nitrogens with two attached hydrogens (primary N) is 2. The van der Waals surface area contributed by atoms with Crippen molar-refractivity contribution in [2.75, 3.05) is 24.2 Å². The van der Waals surface area contributed by atoms with Gasteiger partial charge in [-0.25, -0.2) is 13.6 Å². The smallest absolute Gasteiger partial charge is 0.238 e. The molecular formula is C13H23N3O3S. The fourth-order valence-corrected chi connectivity index (χ4v) is 2.49. The SMILES string of the molecule is CCC(CC)(CO)CNc1ccc(S(N)(=O)=O)cc1N. The van der Waals surface area contributed by atoms with E-state index in [0.29, 0.717) is 17.9 Å². The van der Waals surface area contributed by atoms with Gasteiger partial charge in [0.1, 0.15) is 0 Å². The first-order chi connectivity index (χ1) is 9.28. The lowest BCUT2D eigenvalue weighted by Crippen LogP contribution is -2.32. The third kappa shape index (κ3) is 3.84. The van der Waals surface area contributed by atoms with Gasteiger partial charge in [-0.3, -0.25) is 0 Å². The monoisotopic (exact) mass is 301 g/mol. The zero-order valence-corrected chi connectivity index (χ0v) is 12.7. The van der Waals surface area contributed by atoms with Crippen molar-refractivity contribution >= 4 is 21.4 Å². The second-order valence-corrected chi connectivity index (χ2v) is 6.57. The standard InChI is InChI=1S/C13H23N3O3S/c1-3-13(4-2,9-17)8-16-12-6-5-10(7-11(12)14)20(15,18)19/h5-7,16-17H,3-4,8-9,14H2,1-2H3,(H2,15,18,19). The van der Waals surface area contributed by atoms with Crippen molar-refractivity contribution < 1.29 is 13.5 Å². The van der Waals surface area contributed by atoms with Crippen LogP contribution in [0.1, 0.15) is 26.7 Å². The molecule has 0 heterocycles. The third-order valence-corrected chi connectivity index (χ3v) is 4.75. The summed E-state index contributed by atoms with van der Waals surface area (Å²) in [5.41, 5.74) is 6.58.